The van der Waals surface area contributed by atoms with Gasteiger partial charge in [0.05, 0.1) is 11.6 Å². The van der Waals surface area contributed by atoms with Crippen LogP contribution in [0.15, 0.2) is 22.7 Å². The third kappa shape index (κ3) is 4.76. The molecular formula is C12H18BrNOS. The molecule has 90 valence electrons. The lowest BCUT2D eigenvalue weighted by molar-refractivity contribution is 0.411. The summed E-state index contributed by atoms with van der Waals surface area (Å²) in [6.07, 6.45) is 0. The second kappa shape index (κ2) is 5.94. The Morgan fingerprint density at radius 1 is 1.38 bits per heavy atom. The number of nitrogens with one attached hydrogen (secondary N) is 1. The van der Waals surface area contributed by atoms with Crippen LogP contribution in [0.5, 0.6) is 5.75 Å². The molecule has 0 aromatic heterocycles. The van der Waals surface area contributed by atoms with Gasteiger partial charge in [0.1, 0.15) is 5.75 Å². The molecule has 4 heteroatoms. The molecule has 0 fully saturated rings. The fourth-order valence-corrected chi connectivity index (χ4v) is 2.23. The zero-order valence-electron chi connectivity index (χ0n) is 10.1. The molecule has 0 radical (unpaired) electrons. The van der Waals surface area contributed by atoms with Gasteiger partial charge < -0.3 is 4.74 Å². The van der Waals surface area contributed by atoms with Crippen molar-refractivity contribution in [3.63, 3.8) is 0 Å². The molecule has 0 aliphatic heterocycles. The minimum atomic E-state index is 0.236. The number of methoxy groups -OCH3 is 1. The first kappa shape index (κ1) is 13.9. The van der Waals surface area contributed by atoms with Gasteiger partial charge >= 0.3 is 0 Å². The van der Waals surface area contributed by atoms with Gasteiger partial charge in [0, 0.05) is 11.3 Å². The highest BCUT2D eigenvalue weighted by molar-refractivity contribution is 9.10. The van der Waals surface area contributed by atoms with Crippen molar-refractivity contribution in [1.82, 2.24) is 4.72 Å². The van der Waals surface area contributed by atoms with E-state index in [9.17, 15) is 0 Å². The lowest BCUT2D eigenvalue weighted by Crippen LogP contribution is -2.16. The Morgan fingerprint density at radius 3 is 2.62 bits per heavy atom. The number of ether oxygens (including phenoxy) is 1. The Balaban J connectivity index is 2.55. The van der Waals surface area contributed by atoms with Crippen molar-refractivity contribution in [2.24, 2.45) is 0 Å². The van der Waals surface area contributed by atoms with Gasteiger partial charge in [-0.1, -0.05) is 18.0 Å². The van der Waals surface area contributed by atoms with E-state index in [1.807, 2.05) is 12.1 Å². The van der Waals surface area contributed by atoms with E-state index in [0.29, 0.717) is 0 Å². The van der Waals surface area contributed by atoms with Gasteiger partial charge in [-0.2, -0.15) is 0 Å². The molecule has 0 aliphatic carbocycles. The highest BCUT2D eigenvalue weighted by Crippen LogP contribution is 2.26. The molecule has 0 saturated carbocycles. The van der Waals surface area contributed by atoms with Crippen molar-refractivity contribution in [3.8, 4) is 5.75 Å². The van der Waals surface area contributed by atoms with Gasteiger partial charge in [-0.25, -0.2) is 0 Å². The van der Waals surface area contributed by atoms with Crippen molar-refractivity contribution < 1.29 is 4.74 Å². The summed E-state index contributed by atoms with van der Waals surface area (Å²) in [6.45, 7) is 7.40. The van der Waals surface area contributed by atoms with E-state index in [2.05, 4.69) is 47.5 Å². The number of hydrogen-bond acceptors (Lipinski definition) is 3. The summed E-state index contributed by atoms with van der Waals surface area (Å²) in [5, 5.41) is 0. The van der Waals surface area contributed by atoms with Crippen molar-refractivity contribution in [2.75, 3.05) is 7.11 Å². The maximum Gasteiger partial charge on any atom is 0.133 e. The maximum atomic E-state index is 5.25. The molecule has 0 amide bonds. The second-order valence-corrected chi connectivity index (χ2v) is 7.08. The van der Waals surface area contributed by atoms with E-state index in [-0.39, 0.29) is 4.75 Å². The van der Waals surface area contributed by atoms with Gasteiger partial charge in [0.15, 0.2) is 0 Å². The third-order valence-corrected chi connectivity index (χ3v) is 3.43. The summed E-state index contributed by atoms with van der Waals surface area (Å²) < 4.78 is 9.83. The summed E-state index contributed by atoms with van der Waals surface area (Å²) >= 11 is 5.18. The van der Waals surface area contributed by atoms with Crippen LogP contribution in [0.3, 0.4) is 0 Å². The van der Waals surface area contributed by atoms with Crippen LogP contribution in [0.2, 0.25) is 0 Å². The lowest BCUT2D eigenvalue weighted by atomic mass is 10.2. The quantitative estimate of drug-likeness (QED) is 0.850. The van der Waals surface area contributed by atoms with E-state index in [4.69, 9.17) is 4.74 Å². The van der Waals surface area contributed by atoms with Crippen LogP contribution in [0.1, 0.15) is 26.3 Å². The Labute approximate surface area is 110 Å². The van der Waals surface area contributed by atoms with E-state index < -0.39 is 0 Å². The largest absolute Gasteiger partial charge is 0.496 e. The molecule has 0 heterocycles. The summed E-state index contributed by atoms with van der Waals surface area (Å²) in [5.74, 6) is 0.875. The third-order valence-electron chi connectivity index (χ3n) is 1.87. The van der Waals surface area contributed by atoms with E-state index in [1.54, 1.807) is 19.1 Å². The smallest absolute Gasteiger partial charge is 0.133 e. The predicted molar refractivity (Wildman–Crippen MR) is 74.9 cm³/mol. The van der Waals surface area contributed by atoms with Crippen LogP contribution in [-0.2, 0) is 6.54 Å². The summed E-state index contributed by atoms with van der Waals surface area (Å²) in [5.41, 5.74) is 1.22. The van der Waals surface area contributed by atoms with Gasteiger partial charge in [0.25, 0.3) is 0 Å². The SMILES string of the molecule is COc1cc(CNSC(C)(C)C)ccc1Br. The van der Waals surface area contributed by atoms with Crippen LogP contribution in [-0.4, -0.2) is 11.9 Å². The Kier molecular flexibility index (Phi) is 5.15. The average Bonchev–Trinajstić information content (AvgIpc) is 2.18. The number of hydrogen-bond donors (Lipinski definition) is 1. The van der Waals surface area contributed by atoms with Crippen LogP contribution in [0.4, 0.5) is 0 Å². The average molecular weight is 304 g/mol. The maximum absolute atomic E-state index is 5.25. The van der Waals surface area contributed by atoms with E-state index in [0.717, 1.165) is 16.8 Å². The molecule has 0 bridgehead atoms. The Morgan fingerprint density at radius 2 is 2.06 bits per heavy atom. The molecule has 16 heavy (non-hydrogen) atoms. The zero-order chi connectivity index (χ0) is 12.2. The molecule has 0 aliphatic rings. The van der Waals surface area contributed by atoms with Crippen LogP contribution in [0, 0.1) is 0 Å². The molecule has 0 atom stereocenters. The number of halogens is 1. The minimum absolute atomic E-state index is 0.236. The number of benzene rings is 1. The first-order chi connectivity index (χ1) is 7.42. The van der Waals surface area contributed by atoms with Crippen LogP contribution < -0.4 is 9.46 Å². The molecular weight excluding hydrogens is 286 g/mol. The molecule has 1 N–H and O–H groups in total. The first-order valence-electron chi connectivity index (χ1n) is 5.15. The van der Waals surface area contributed by atoms with Gasteiger partial charge in [-0.05, 0) is 54.4 Å². The molecule has 1 aromatic rings. The summed E-state index contributed by atoms with van der Waals surface area (Å²) in [4.78, 5) is 0. The predicted octanol–water partition coefficient (Wildman–Crippen LogP) is 3.99. The fraction of sp³-hybridized carbons (Fsp3) is 0.500. The molecule has 0 saturated heterocycles. The molecule has 0 spiro atoms. The number of rotatable bonds is 4. The van der Waals surface area contributed by atoms with Crippen LogP contribution in [0.25, 0.3) is 0 Å². The van der Waals surface area contributed by atoms with Crippen molar-refractivity contribution in [1.29, 1.82) is 0 Å². The highest BCUT2D eigenvalue weighted by atomic mass is 79.9. The second-order valence-electron chi connectivity index (χ2n) is 4.50. The zero-order valence-corrected chi connectivity index (χ0v) is 12.5. The lowest BCUT2D eigenvalue weighted by Gasteiger charge is -2.17. The first-order valence-corrected chi connectivity index (χ1v) is 6.76. The monoisotopic (exact) mass is 303 g/mol. The summed E-state index contributed by atoms with van der Waals surface area (Å²) in [6, 6.07) is 6.14. The Hall–Kier alpha value is -0.190. The molecule has 1 rings (SSSR count). The minimum Gasteiger partial charge on any atom is -0.496 e. The van der Waals surface area contributed by atoms with Crippen molar-refractivity contribution >= 4 is 27.9 Å². The van der Waals surface area contributed by atoms with E-state index >= 15 is 0 Å². The highest BCUT2D eigenvalue weighted by Gasteiger charge is 2.10. The standard InChI is InChI=1S/C12H18BrNOS/c1-12(2,3)16-14-8-9-5-6-10(13)11(7-9)15-4/h5-7,14H,8H2,1-4H3. The van der Waals surface area contributed by atoms with Crippen molar-refractivity contribution in [2.45, 2.75) is 32.1 Å². The topological polar surface area (TPSA) is 21.3 Å². The molecule has 0 unspecified atom stereocenters. The Bertz CT molecular complexity index is 349. The normalized spacial score (nSPS) is 11.6. The fourth-order valence-electron chi connectivity index (χ4n) is 1.15. The van der Waals surface area contributed by atoms with Crippen LogP contribution >= 0.6 is 27.9 Å². The van der Waals surface area contributed by atoms with Crippen molar-refractivity contribution in [3.05, 3.63) is 28.2 Å². The van der Waals surface area contributed by atoms with Gasteiger partial charge in [0.2, 0.25) is 0 Å². The molecule has 2 nitrogen and oxygen atoms in total. The molecule has 1 aromatic carbocycles. The summed E-state index contributed by atoms with van der Waals surface area (Å²) in [7, 11) is 1.68. The van der Waals surface area contributed by atoms with Gasteiger partial charge in [-0.3, -0.25) is 4.72 Å². The van der Waals surface area contributed by atoms with E-state index in [1.165, 1.54) is 5.56 Å². The van der Waals surface area contributed by atoms with Gasteiger partial charge in [-0.15, -0.1) is 0 Å².